The van der Waals surface area contributed by atoms with Gasteiger partial charge in [-0.15, -0.1) is 11.6 Å². The monoisotopic (exact) mass is 198 g/mol. The van der Waals surface area contributed by atoms with Gasteiger partial charge in [0, 0.05) is 0 Å². The summed E-state index contributed by atoms with van der Waals surface area (Å²) in [5.74, 6) is 0.938. The van der Waals surface area contributed by atoms with Crippen molar-refractivity contribution in [1.82, 2.24) is 0 Å². The first-order valence-electron chi connectivity index (χ1n) is 4.44. The maximum absolute atomic E-state index is 5.79. The van der Waals surface area contributed by atoms with Crippen LogP contribution in [0.1, 0.15) is 18.1 Å². The molecule has 0 aromatic heterocycles. The normalized spacial score (nSPS) is 12.6. The van der Waals surface area contributed by atoms with Crippen molar-refractivity contribution < 1.29 is 4.74 Å². The van der Waals surface area contributed by atoms with Crippen LogP contribution >= 0.6 is 11.6 Å². The predicted octanol–water partition coefficient (Wildman–Crippen LogP) is 3.31. The zero-order chi connectivity index (χ0) is 9.84. The topological polar surface area (TPSA) is 9.23 Å². The van der Waals surface area contributed by atoms with Crippen molar-refractivity contribution in [3.63, 3.8) is 0 Å². The standard InChI is InChI=1S/C11H15ClO/c1-8-5-4-6-11(10(8)3)13-7-9(2)12/h4-6,9H,7H2,1-3H3. The lowest BCUT2D eigenvalue weighted by Gasteiger charge is -2.11. The Kier molecular flexibility index (Phi) is 3.61. The van der Waals surface area contributed by atoms with Gasteiger partial charge in [0.2, 0.25) is 0 Å². The van der Waals surface area contributed by atoms with Crippen LogP contribution in [0, 0.1) is 13.8 Å². The predicted molar refractivity (Wildman–Crippen MR) is 56.7 cm³/mol. The number of ether oxygens (including phenoxy) is 1. The molecular weight excluding hydrogens is 184 g/mol. The summed E-state index contributed by atoms with van der Waals surface area (Å²) < 4.78 is 5.55. The van der Waals surface area contributed by atoms with Crippen LogP contribution in [-0.2, 0) is 0 Å². The van der Waals surface area contributed by atoms with E-state index in [-0.39, 0.29) is 5.38 Å². The SMILES string of the molecule is Cc1cccc(OCC(C)Cl)c1C. The molecule has 0 aliphatic carbocycles. The average molecular weight is 199 g/mol. The Morgan fingerprint density at radius 1 is 1.38 bits per heavy atom. The second-order valence-corrected chi connectivity index (χ2v) is 4.03. The van der Waals surface area contributed by atoms with Crippen molar-refractivity contribution in [1.29, 1.82) is 0 Å². The van der Waals surface area contributed by atoms with Crippen molar-refractivity contribution in [2.75, 3.05) is 6.61 Å². The molecule has 2 heteroatoms. The number of rotatable bonds is 3. The molecule has 0 bridgehead atoms. The molecule has 0 saturated heterocycles. The number of hydrogen-bond acceptors (Lipinski definition) is 1. The lowest BCUT2D eigenvalue weighted by atomic mass is 10.1. The van der Waals surface area contributed by atoms with E-state index in [9.17, 15) is 0 Å². The van der Waals surface area contributed by atoms with Gasteiger partial charge in [-0.1, -0.05) is 12.1 Å². The van der Waals surface area contributed by atoms with Gasteiger partial charge in [-0.25, -0.2) is 0 Å². The van der Waals surface area contributed by atoms with E-state index < -0.39 is 0 Å². The van der Waals surface area contributed by atoms with Crippen LogP contribution in [-0.4, -0.2) is 12.0 Å². The van der Waals surface area contributed by atoms with E-state index in [1.165, 1.54) is 11.1 Å². The highest BCUT2D eigenvalue weighted by Gasteiger charge is 2.02. The Hall–Kier alpha value is -0.690. The molecule has 1 nitrogen and oxygen atoms in total. The van der Waals surface area contributed by atoms with Gasteiger partial charge in [-0.05, 0) is 38.0 Å². The summed E-state index contributed by atoms with van der Waals surface area (Å²) in [5.41, 5.74) is 2.44. The Bertz CT molecular complexity index is 281. The molecule has 1 unspecified atom stereocenters. The van der Waals surface area contributed by atoms with Gasteiger partial charge in [0.1, 0.15) is 12.4 Å². The molecule has 1 atom stereocenters. The molecule has 1 rings (SSSR count). The lowest BCUT2D eigenvalue weighted by molar-refractivity contribution is 0.318. The van der Waals surface area contributed by atoms with Crippen molar-refractivity contribution in [3.8, 4) is 5.75 Å². The van der Waals surface area contributed by atoms with E-state index >= 15 is 0 Å². The highest BCUT2D eigenvalue weighted by molar-refractivity contribution is 6.20. The molecule has 0 fully saturated rings. The first kappa shape index (κ1) is 10.4. The van der Waals surface area contributed by atoms with Crippen molar-refractivity contribution >= 4 is 11.6 Å². The van der Waals surface area contributed by atoms with Gasteiger partial charge in [0.15, 0.2) is 0 Å². The van der Waals surface area contributed by atoms with Crippen LogP contribution in [0.25, 0.3) is 0 Å². The Morgan fingerprint density at radius 2 is 2.08 bits per heavy atom. The Morgan fingerprint density at radius 3 is 2.69 bits per heavy atom. The van der Waals surface area contributed by atoms with Crippen LogP contribution in [0.5, 0.6) is 5.75 Å². The molecule has 1 aromatic carbocycles. The minimum Gasteiger partial charge on any atom is -0.492 e. The molecular formula is C11H15ClO. The second kappa shape index (κ2) is 4.52. The Balaban J connectivity index is 2.71. The fraction of sp³-hybridized carbons (Fsp3) is 0.455. The highest BCUT2D eigenvalue weighted by atomic mass is 35.5. The number of halogens is 1. The quantitative estimate of drug-likeness (QED) is 0.678. The van der Waals surface area contributed by atoms with E-state index in [1.807, 2.05) is 19.1 Å². The van der Waals surface area contributed by atoms with E-state index in [2.05, 4.69) is 19.9 Å². The van der Waals surface area contributed by atoms with Gasteiger partial charge >= 0.3 is 0 Å². The maximum atomic E-state index is 5.79. The zero-order valence-electron chi connectivity index (χ0n) is 8.30. The molecule has 0 aliphatic heterocycles. The second-order valence-electron chi connectivity index (χ2n) is 3.29. The third-order valence-corrected chi connectivity index (χ3v) is 2.15. The minimum absolute atomic E-state index is 0.0555. The van der Waals surface area contributed by atoms with Gasteiger partial charge < -0.3 is 4.74 Å². The molecule has 0 heterocycles. The number of benzene rings is 1. The summed E-state index contributed by atoms with van der Waals surface area (Å²) in [6, 6.07) is 6.05. The van der Waals surface area contributed by atoms with E-state index in [4.69, 9.17) is 16.3 Å². The fourth-order valence-electron chi connectivity index (χ4n) is 1.09. The molecule has 0 amide bonds. The minimum atomic E-state index is 0.0555. The average Bonchev–Trinajstić information content (AvgIpc) is 2.07. The molecule has 0 spiro atoms. The van der Waals surface area contributed by atoms with Crippen molar-refractivity contribution in [3.05, 3.63) is 29.3 Å². The first-order valence-corrected chi connectivity index (χ1v) is 4.88. The molecule has 72 valence electrons. The van der Waals surface area contributed by atoms with Crippen LogP contribution in [0.15, 0.2) is 18.2 Å². The molecule has 13 heavy (non-hydrogen) atoms. The summed E-state index contributed by atoms with van der Waals surface area (Å²) in [4.78, 5) is 0. The third kappa shape index (κ3) is 2.92. The number of alkyl halides is 1. The van der Waals surface area contributed by atoms with Gasteiger partial charge in [-0.2, -0.15) is 0 Å². The van der Waals surface area contributed by atoms with Gasteiger partial charge in [0.05, 0.1) is 5.38 Å². The Labute approximate surface area is 84.7 Å². The summed E-state index contributed by atoms with van der Waals surface area (Å²) in [6.07, 6.45) is 0. The summed E-state index contributed by atoms with van der Waals surface area (Å²) in [7, 11) is 0. The van der Waals surface area contributed by atoms with Crippen LogP contribution in [0.4, 0.5) is 0 Å². The maximum Gasteiger partial charge on any atom is 0.122 e. The van der Waals surface area contributed by atoms with Gasteiger partial charge in [0.25, 0.3) is 0 Å². The molecule has 0 aliphatic rings. The largest absolute Gasteiger partial charge is 0.492 e. The van der Waals surface area contributed by atoms with Crippen LogP contribution < -0.4 is 4.74 Å². The molecule has 0 radical (unpaired) electrons. The third-order valence-electron chi connectivity index (χ3n) is 2.02. The summed E-state index contributed by atoms with van der Waals surface area (Å²) in [6.45, 7) is 6.62. The van der Waals surface area contributed by atoms with Crippen molar-refractivity contribution in [2.24, 2.45) is 0 Å². The zero-order valence-corrected chi connectivity index (χ0v) is 9.06. The highest BCUT2D eigenvalue weighted by Crippen LogP contribution is 2.20. The lowest BCUT2D eigenvalue weighted by Crippen LogP contribution is -2.08. The number of hydrogen-bond donors (Lipinski definition) is 0. The molecule has 1 aromatic rings. The van der Waals surface area contributed by atoms with Gasteiger partial charge in [-0.3, -0.25) is 0 Å². The van der Waals surface area contributed by atoms with Crippen molar-refractivity contribution in [2.45, 2.75) is 26.1 Å². The molecule has 0 saturated carbocycles. The van der Waals surface area contributed by atoms with Crippen LogP contribution in [0.3, 0.4) is 0 Å². The fourth-order valence-corrected chi connectivity index (χ4v) is 1.15. The summed E-state index contributed by atoms with van der Waals surface area (Å²) in [5, 5.41) is 0.0555. The van der Waals surface area contributed by atoms with E-state index in [0.717, 1.165) is 5.75 Å². The first-order chi connectivity index (χ1) is 6.11. The van der Waals surface area contributed by atoms with E-state index in [1.54, 1.807) is 0 Å². The summed E-state index contributed by atoms with van der Waals surface area (Å²) >= 11 is 5.79. The van der Waals surface area contributed by atoms with E-state index in [0.29, 0.717) is 6.61 Å². The molecule has 0 N–H and O–H groups in total. The van der Waals surface area contributed by atoms with Crippen LogP contribution in [0.2, 0.25) is 0 Å². The number of aryl methyl sites for hydroxylation is 1. The smallest absolute Gasteiger partial charge is 0.122 e.